The van der Waals surface area contributed by atoms with Gasteiger partial charge in [0.25, 0.3) is 0 Å². The zero-order chi connectivity index (χ0) is 13.1. The largest absolute Gasteiger partial charge is 0.376 e. The van der Waals surface area contributed by atoms with Crippen molar-refractivity contribution in [1.29, 1.82) is 0 Å². The first-order valence-corrected chi connectivity index (χ1v) is 7.30. The van der Waals surface area contributed by atoms with E-state index in [1.807, 2.05) is 6.92 Å². The van der Waals surface area contributed by atoms with Gasteiger partial charge in [0.1, 0.15) is 5.82 Å². The molecular weight excluding hydrogens is 321 g/mol. The Hall–Kier alpha value is -0.160. The van der Waals surface area contributed by atoms with Gasteiger partial charge in [0.05, 0.1) is 17.2 Å². The van der Waals surface area contributed by atoms with Crippen LogP contribution in [-0.4, -0.2) is 19.3 Å². The molecule has 1 aromatic rings. The highest BCUT2D eigenvalue weighted by atomic mass is 79.9. The molecule has 5 heteroatoms. The summed E-state index contributed by atoms with van der Waals surface area (Å²) in [6, 6.07) is 2.95. The van der Waals surface area contributed by atoms with Gasteiger partial charge in [-0.25, -0.2) is 4.39 Å². The number of benzene rings is 1. The SMILES string of the molecule is CCNC(c1cc(Cl)c(Br)cc1F)C1CCCO1. The number of rotatable bonds is 4. The van der Waals surface area contributed by atoms with Gasteiger partial charge in [-0.15, -0.1) is 0 Å². The lowest BCUT2D eigenvalue weighted by atomic mass is 9.98. The molecule has 100 valence electrons. The van der Waals surface area contributed by atoms with Crippen LogP contribution in [0.5, 0.6) is 0 Å². The van der Waals surface area contributed by atoms with Gasteiger partial charge in [-0.1, -0.05) is 18.5 Å². The van der Waals surface area contributed by atoms with Crippen molar-refractivity contribution in [2.75, 3.05) is 13.2 Å². The molecule has 0 saturated carbocycles. The van der Waals surface area contributed by atoms with Crippen molar-refractivity contribution in [3.05, 3.63) is 33.0 Å². The zero-order valence-corrected chi connectivity index (χ0v) is 12.5. The number of hydrogen-bond acceptors (Lipinski definition) is 2. The van der Waals surface area contributed by atoms with E-state index in [1.165, 1.54) is 6.07 Å². The normalized spacial score (nSPS) is 21.2. The maximum atomic E-state index is 14.1. The van der Waals surface area contributed by atoms with Crippen LogP contribution in [0.1, 0.15) is 31.4 Å². The molecule has 0 spiro atoms. The minimum Gasteiger partial charge on any atom is -0.376 e. The van der Waals surface area contributed by atoms with Gasteiger partial charge in [-0.2, -0.15) is 0 Å². The summed E-state index contributed by atoms with van der Waals surface area (Å²) in [6.07, 6.45) is 2.00. The fourth-order valence-corrected chi connectivity index (χ4v) is 2.79. The van der Waals surface area contributed by atoms with Gasteiger partial charge < -0.3 is 10.1 Å². The molecule has 1 aliphatic heterocycles. The number of nitrogens with one attached hydrogen (secondary N) is 1. The maximum absolute atomic E-state index is 14.1. The molecule has 1 heterocycles. The molecule has 1 aromatic carbocycles. The molecule has 0 aliphatic carbocycles. The molecular formula is C13H16BrClFNO. The molecule has 0 amide bonds. The van der Waals surface area contributed by atoms with Crippen molar-refractivity contribution in [2.24, 2.45) is 0 Å². The molecule has 2 nitrogen and oxygen atoms in total. The molecule has 0 bridgehead atoms. The molecule has 2 unspecified atom stereocenters. The van der Waals surface area contributed by atoms with Crippen molar-refractivity contribution >= 4 is 27.5 Å². The first kappa shape index (κ1) is 14.3. The predicted octanol–water partition coefficient (Wildman–Crippen LogP) is 4.07. The topological polar surface area (TPSA) is 21.3 Å². The van der Waals surface area contributed by atoms with Gasteiger partial charge in [0, 0.05) is 16.6 Å². The van der Waals surface area contributed by atoms with Crippen LogP contribution < -0.4 is 5.32 Å². The first-order valence-electron chi connectivity index (χ1n) is 6.13. The predicted molar refractivity (Wildman–Crippen MR) is 74.5 cm³/mol. The van der Waals surface area contributed by atoms with E-state index in [9.17, 15) is 4.39 Å². The average Bonchev–Trinajstić information content (AvgIpc) is 2.85. The van der Waals surface area contributed by atoms with E-state index in [4.69, 9.17) is 16.3 Å². The van der Waals surface area contributed by atoms with E-state index >= 15 is 0 Å². The Morgan fingerprint density at radius 2 is 2.39 bits per heavy atom. The lowest BCUT2D eigenvalue weighted by molar-refractivity contribution is 0.0777. The van der Waals surface area contributed by atoms with Gasteiger partial charge in [0.2, 0.25) is 0 Å². The standard InChI is InChI=1S/C13H16BrClFNO/c1-2-17-13(12-4-3-5-18-12)8-6-10(15)9(14)7-11(8)16/h6-7,12-13,17H,2-5H2,1H3. The summed E-state index contributed by atoms with van der Waals surface area (Å²) in [5, 5.41) is 3.81. The summed E-state index contributed by atoms with van der Waals surface area (Å²) < 4.78 is 20.3. The van der Waals surface area contributed by atoms with E-state index < -0.39 is 0 Å². The second-order valence-electron chi connectivity index (χ2n) is 4.37. The molecule has 2 atom stereocenters. The molecule has 1 aliphatic rings. The van der Waals surface area contributed by atoms with E-state index in [0.717, 1.165) is 26.0 Å². The van der Waals surface area contributed by atoms with Crippen molar-refractivity contribution in [3.63, 3.8) is 0 Å². The summed E-state index contributed by atoms with van der Waals surface area (Å²) >= 11 is 9.28. The molecule has 0 aromatic heterocycles. The van der Waals surface area contributed by atoms with Gasteiger partial charge >= 0.3 is 0 Å². The van der Waals surface area contributed by atoms with Crippen LogP contribution in [0.3, 0.4) is 0 Å². The summed E-state index contributed by atoms with van der Waals surface area (Å²) in [5.74, 6) is -0.257. The highest BCUT2D eigenvalue weighted by Crippen LogP contribution is 2.33. The van der Waals surface area contributed by atoms with Crippen LogP contribution in [0.25, 0.3) is 0 Å². The Kier molecular flexibility index (Phi) is 5.01. The van der Waals surface area contributed by atoms with Crippen LogP contribution >= 0.6 is 27.5 Å². The molecule has 2 rings (SSSR count). The number of ether oxygens (including phenoxy) is 1. The Bertz CT molecular complexity index is 424. The Morgan fingerprint density at radius 3 is 3.00 bits per heavy atom. The molecule has 1 saturated heterocycles. The van der Waals surface area contributed by atoms with Gasteiger partial charge in [-0.05, 0) is 47.4 Å². The molecule has 1 N–H and O–H groups in total. The van der Waals surface area contributed by atoms with E-state index in [-0.39, 0.29) is 18.0 Å². The Morgan fingerprint density at radius 1 is 1.61 bits per heavy atom. The van der Waals surface area contributed by atoms with Crippen LogP contribution in [0.15, 0.2) is 16.6 Å². The summed E-state index contributed by atoms with van der Waals surface area (Å²) in [5.41, 5.74) is 0.581. The van der Waals surface area contributed by atoms with Crippen molar-refractivity contribution in [3.8, 4) is 0 Å². The maximum Gasteiger partial charge on any atom is 0.129 e. The van der Waals surface area contributed by atoms with Gasteiger partial charge in [0.15, 0.2) is 0 Å². The average molecular weight is 337 g/mol. The highest BCUT2D eigenvalue weighted by molar-refractivity contribution is 9.10. The Balaban J connectivity index is 2.32. The monoisotopic (exact) mass is 335 g/mol. The number of hydrogen-bond donors (Lipinski definition) is 1. The summed E-state index contributed by atoms with van der Waals surface area (Å²) in [7, 11) is 0. The number of halogens is 3. The third kappa shape index (κ3) is 3.05. The van der Waals surface area contributed by atoms with E-state index in [2.05, 4.69) is 21.2 Å². The third-order valence-corrected chi connectivity index (χ3v) is 4.33. The fourth-order valence-electron chi connectivity index (χ4n) is 2.30. The van der Waals surface area contributed by atoms with Gasteiger partial charge in [-0.3, -0.25) is 0 Å². The second kappa shape index (κ2) is 6.33. The van der Waals surface area contributed by atoms with E-state index in [0.29, 0.717) is 15.1 Å². The third-order valence-electron chi connectivity index (χ3n) is 3.14. The highest BCUT2D eigenvalue weighted by Gasteiger charge is 2.29. The quantitative estimate of drug-likeness (QED) is 0.837. The van der Waals surface area contributed by atoms with Crippen molar-refractivity contribution in [2.45, 2.75) is 31.9 Å². The smallest absolute Gasteiger partial charge is 0.129 e. The fraction of sp³-hybridized carbons (Fsp3) is 0.538. The van der Waals surface area contributed by atoms with Crippen molar-refractivity contribution < 1.29 is 9.13 Å². The molecule has 1 fully saturated rings. The minimum atomic E-state index is -0.257. The lowest BCUT2D eigenvalue weighted by Crippen LogP contribution is -2.32. The van der Waals surface area contributed by atoms with Crippen molar-refractivity contribution in [1.82, 2.24) is 5.32 Å². The van der Waals surface area contributed by atoms with E-state index in [1.54, 1.807) is 6.07 Å². The molecule has 18 heavy (non-hydrogen) atoms. The summed E-state index contributed by atoms with van der Waals surface area (Å²) in [6.45, 7) is 3.51. The zero-order valence-electron chi connectivity index (χ0n) is 10.2. The van der Waals surface area contributed by atoms with Crippen LogP contribution in [-0.2, 0) is 4.74 Å². The second-order valence-corrected chi connectivity index (χ2v) is 5.64. The first-order chi connectivity index (χ1) is 8.63. The van der Waals surface area contributed by atoms with Crippen LogP contribution in [0.4, 0.5) is 4.39 Å². The lowest BCUT2D eigenvalue weighted by Gasteiger charge is -2.25. The summed E-state index contributed by atoms with van der Waals surface area (Å²) in [4.78, 5) is 0. The Labute approximate surface area is 120 Å². The van der Waals surface area contributed by atoms with Crippen LogP contribution in [0, 0.1) is 5.82 Å². The number of likely N-dealkylation sites (N-methyl/N-ethyl adjacent to an activating group) is 1. The molecule has 0 radical (unpaired) electrons. The minimum absolute atomic E-state index is 0.0247. The van der Waals surface area contributed by atoms with Crippen LogP contribution in [0.2, 0.25) is 5.02 Å².